The first kappa shape index (κ1) is 14.6. The van der Waals surface area contributed by atoms with Gasteiger partial charge in [0.1, 0.15) is 5.37 Å². The molecule has 108 valence electrons. The maximum Gasteiger partial charge on any atom is 0.319 e. The number of anilines is 1. The fraction of sp³-hybridized carbons (Fsp3) is 0.800. The van der Waals surface area contributed by atoms with Gasteiger partial charge in [-0.3, -0.25) is 0 Å². The largest absolute Gasteiger partial charge is 0.406 e. The Hall–Kier alpha value is -0.800. The zero-order valence-electron chi connectivity index (χ0n) is 11.2. The van der Waals surface area contributed by atoms with Gasteiger partial charge in [-0.15, -0.1) is 5.10 Å². The second-order valence-corrected chi connectivity index (χ2v) is 7.84. The van der Waals surface area contributed by atoms with Gasteiger partial charge in [0.2, 0.25) is 5.89 Å². The lowest BCUT2D eigenvalue weighted by Gasteiger charge is -2.32. The fourth-order valence-electron chi connectivity index (χ4n) is 1.80. The van der Waals surface area contributed by atoms with Gasteiger partial charge in [0.25, 0.3) is 0 Å². The fourth-order valence-corrected chi connectivity index (χ4v) is 4.60. The van der Waals surface area contributed by atoms with Gasteiger partial charge in [-0.05, 0) is 14.0 Å². The summed E-state index contributed by atoms with van der Waals surface area (Å²) >= 11 is 1.62. The molecule has 0 aliphatic carbocycles. The minimum atomic E-state index is -3.18. The summed E-state index contributed by atoms with van der Waals surface area (Å²) in [6, 6.07) is 0.227. The summed E-state index contributed by atoms with van der Waals surface area (Å²) in [6.45, 7) is 2.50. The van der Waals surface area contributed by atoms with Crippen molar-refractivity contribution in [1.29, 1.82) is 0 Å². The number of aromatic nitrogens is 2. The van der Waals surface area contributed by atoms with Crippen LogP contribution < -0.4 is 10.2 Å². The molecule has 1 aliphatic heterocycles. The molecule has 1 aliphatic rings. The summed E-state index contributed by atoms with van der Waals surface area (Å²) in [4.78, 5) is 1.69. The molecule has 0 saturated carbocycles. The van der Waals surface area contributed by atoms with Gasteiger partial charge in [-0.1, -0.05) is 5.10 Å². The average Bonchev–Trinajstić information content (AvgIpc) is 2.86. The normalized spacial score (nSPS) is 22.5. The Morgan fingerprint density at radius 1 is 1.53 bits per heavy atom. The van der Waals surface area contributed by atoms with Crippen LogP contribution in [-0.4, -0.2) is 55.3 Å². The first-order valence-electron chi connectivity index (χ1n) is 5.97. The number of hydrogen-bond donors (Lipinski definition) is 1. The maximum atomic E-state index is 11.8. The molecule has 0 spiro atoms. The molecule has 1 aromatic heterocycles. The molecule has 1 fully saturated rings. The van der Waals surface area contributed by atoms with E-state index in [0.717, 1.165) is 5.75 Å². The average molecular weight is 306 g/mol. The van der Waals surface area contributed by atoms with Gasteiger partial charge in [0, 0.05) is 24.3 Å². The van der Waals surface area contributed by atoms with Crippen LogP contribution in [0.2, 0.25) is 0 Å². The van der Waals surface area contributed by atoms with Crippen molar-refractivity contribution in [3.05, 3.63) is 5.89 Å². The topological polar surface area (TPSA) is 88.3 Å². The van der Waals surface area contributed by atoms with E-state index in [4.69, 9.17) is 4.42 Å². The van der Waals surface area contributed by atoms with Crippen LogP contribution in [0.4, 0.5) is 6.01 Å². The minimum Gasteiger partial charge on any atom is -0.406 e. The Morgan fingerprint density at radius 2 is 2.26 bits per heavy atom. The zero-order valence-corrected chi connectivity index (χ0v) is 12.8. The van der Waals surface area contributed by atoms with Crippen LogP contribution in [0.15, 0.2) is 4.42 Å². The van der Waals surface area contributed by atoms with E-state index in [0.29, 0.717) is 18.2 Å². The quantitative estimate of drug-likeness (QED) is 0.848. The van der Waals surface area contributed by atoms with Crippen LogP contribution in [0.1, 0.15) is 18.9 Å². The summed E-state index contributed by atoms with van der Waals surface area (Å²) in [5.41, 5.74) is 0. The monoisotopic (exact) mass is 306 g/mol. The molecule has 2 heterocycles. The van der Waals surface area contributed by atoms with Crippen LogP contribution in [0.5, 0.6) is 0 Å². The lowest BCUT2D eigenvalue weighted by molar-refractivity contribution is 0.428. The van der Waals surface area contributed by atoms with Crippen LogP contribution in [-0.2, 0) is 9.84 Å². The lowest BCUT2D eigenvalue weighted by Crippen LogP contribution is -2.47. The number of rotatable bonds is 4. The highest BCUT2D eigenvalue weighted by atomic mass is 32.2. The first-order valence-corrected chi connectivity index (χ1v) is 9.08. The molecule has 1 saturated heterocycles. The van der Waals surface area contributed by atoms with Crippen molar-refractivity contribution < 1.29 is 12.8 Å². The van der Waals surface area contributed by atoms with Crippen molar-refractivity contribution in [3.8, 4) is 0 Å². The number of sulfone groups is 1. The van der Waals surface area contributed by atoms with Gasteiger partial charge in [0.15, 0.2) is 9.84 Å². The smallest absolute Gasteiger partial charge is 0.319 e. The zero-order chi connectivity index (χ0) is 14.0. The molecule has 0 amide bonds. The van der Waals surface area contributed by atoms with E-state index in [9.17, 15) is 8.42 Å². The molecule has 0 radical (unpaired) electrons. The van der Waals surface area contributed by atoms with E-state index in [-0.39, 0.29) is 12.1 Å². The summed E-state index contributed by atoms with van der Waals surface area (Å²) in [5.74, 6) is 1.84. The highest BCUT2D eigenvalue weighted by Gasteiger charge is 2.34. The van der Waals surface area contributed by atoms with Gasteiger partial charge >= 0.3 is 6.01 Å². The molecule has 7 nitrogen and oxygen atoms in total. The summed E-state index contributed by atoms with van der Waals surface area (Å²) < 4.78 is 29.2. The summed E-state index contributed by atoms with van der Waals surface area (Å²) in [5, 5.41) is 10.3. The number of hydrogen-bond acceptors (Lipinski definition) is 8. The highest BCUT2D eigenvalue weighted by Crippen LogP contribution is 2.26. The van der Waals surface area contributed by atoms with Crippen molar-refractivity contribution in [2.24, 2.45) is 0 Å². The molecule has 2 rings (SSSR count). The number of thioether (sulfide) groups is 1. The van der Waals surface area contributed by atoms with Crippen molar-refractivity contribution in [1.82, 2.24) is 15.5 Å². The van der Waals surface area contributed by atoms with Crippen LogP contribution in [0, 0.1) is 0 Å². The Bertz CT molecular complexity index is 531. The second kappa shape index (κ2) is 5.68. The predicted molar refractivity (Wildman–Crippen MR) is 75.1 cm³/mol. The highest BCUT2D eigenvalue weighted by molar-refractivity contribution is 8.01. The Labute approximate surface area is 117 Å². The third-order valence-electron chi connectivity index (χ3n) is 3.06. The summed E-state index contributed by atoms with van der Waals surface area (Å²) in [6.07, 6.45) is 1.24. The number of nitrogens with one attached hydrogen (secondary N) is 1. The Morgan fingerprint density at radius 3 is 2.89 bits per heavy atom. The SMILES string of the molecule is CNC(C)c1nnc(N2CCSCC2S(C)(=O)=O)o1. The van der Waals surface area contributed by atoms with E-state index in [1.54, 1.807) is 23.7 Å². The van der Waals surface area contributed by atoms with Crippen LogP contribution >= 0.6 is 11.8 Å². The predicted octanol–water partition coefficient (Wildman–Crippen LogP) is 0.274. The maximum absolute atomic E-state index is 11.8. The van der Waals surface area contributed by atoms with Crippen LogP contribution in [0.25, 0.3) is 0 Å². The lowest BCUT2D eigenvalue weighted by atomic mass is 10.3. The summed E-state index contributed by atoms with van der Waals surface area (Å²) in [7, 11) is -1.38. The van der Waals surface area contributed by atoms with Crippen molar-refractivity contribution in [3.63, 3.8) is 0 Å². The van der Waals surface area contributed by atoms with Crippen molar-refractivity contribution in [2.75, 3.05) is 36.3 Å². The van der Waals surface area contributed by atoms with E-state index in [1.807, 2.05) is 6.92 Å². The molecule has 0 aromatic carbocycles. The van der Waals surface area contributed by atoms with E-state index < -0.39 is 15.2 Å². The minimum absolute atomic E-state index is 0.0582. The molecule has 19 heavy (non-hydrogen) atoms. The molecule has 2 atom stereocenters. The first-order chi connectivity index (χ1) is 8.93. The molecular formula is C10H18N4O3S2. The van der Waals surface area contributed by atoms with Crippen LogP contribution in [0.3, 0.4) is 0 Å². The van der Waals surface area contributed by atoms with Gasteiger partial charge in [-0.25, -0.2) is 8.42 Å². The Balaban J connectivity index is 2.25. The standard InChI is InChI=1S/C10H18N4O3S2/c1-7(11-2)9-12-13-10(17-9)14-4-5-18-6-8(14)19(3,15)16/h7-8,11H,4-6H2,1-3H3. The molecule has 1 N–H and O–H groups in total. The van der Waals surface area contributed by atoms with Crippen molar-refractivity contribution >= 4 is 27.6 Å². The van der Waals surface area contributed by atoms with Gasteiger partial charge in [0.05, 0.1) is 6.04 Å². The molecular weight excluding hydrogens is 288 g/mol. The van der Waals surface area contributed by atoms with E-state index in [1.165, 1.54) is 6.26 Å². The molecule has 2 unspecified atom stereocenters. The third kappa shape index (κ3) is 3.21. The van der Waals surface area contributed by atoms with Gasteiger partial charge in [-0.2, -0.15) is 11.8 Å². The van der Waals surface area contributed by atoms with Gasteiger partial charge < -0.3 is 14.6 Å². The van der Waals surface area contributed by atoms with E-state index >= 15 is 0 Å². The second-order valence-electron chi connectivity index (χ2n) is 4.49. The van der Waals surface area contributed by atoms with Crippen molar-refractivity contribution in [2.45, 2.75) is 18.3 Å². The van der Waals surface area contributed by atoms with E-state index in [2.05, 4.69) is 15.5 Å². The number of nitrogens with zero attached hydrogens (tertiary/aromatic N) is 3. The third-order valence-corrected chi connectivity index (χ3v) is 5.70. The molecule has 1 aromatic rings. The molecule has 9 heteroatoms. The molecule has 0 bridgehead atoms. The Kier molecular flexibility index (Phi) is 4.36.